The Kier molecular flexibility index (Phi) is 4.60. The van der Waals surface area contributed by atoms with Crippen molar-refractivity contribution in [1.29, 1.82) is 0 Å². The van der Waals surface area contributed by atoms with Crippen molar-refractivity contribution >= 4 is 15.7 Å². The molecule has 2 aromatic carbocycles. The zero-order chi connectivity index (χ0) is 18.1. The second-order valence-corrected chi connectivity index (χ2v) is 8.42. The number of aryl methyl sites for hydroxylation is 1. The van der Waals surface area contributed by atoms with Crippen LogP contribution in [0.1, 0.15) is 24.8 Å². The van der Waals surface area contributed by atoms with Gasteiger partial charge in [-0.1, -0.05) is 12.1 Å². The minimum atomic E-state index is -3.51. The third-order valence-electron chi connectivity index (χ3n) is 4.90. The Morgan fingerprint density at radius 1 is 1.15 bits per heavy atom. The summed E-state index contributed by atoms with van der Waals surface area (Å²) in [5, 5.41) is 0. The predicted molar refractivity (Wildman–Crippen MR) is 101 cm³/mol. The minimum absolute atomic E-state index is 0.125. The average molecular weight is 373 g/mol. The van der Waals surface area contributed by atoms with Gasteiger partial charge in [0.25, 0.3) is 0 Å². The van der Waals surface area contributed by atoms with Gasteiger partial charge in [-0.3, -0.25) is 0 Å². The normalized spacial score (nSPS) is 20.5. The van der Waals surface area contributed by atoms with Crippen LogP contribution in [0.2, 0.25) is 0 Å². The molecule has 2 aliphatic heterocycles. The summed E-state index contributed by atoms with van der Waals surface area (Å²) in [6.07, 6.45) is 3.60. The molecule has 2 aliphatic rings. The number of fused-ring (bicyclic) bond motifs is 3. The number of nitrogens with two attached hydrogens (primary N) is 1. The van der Waals surface area contributed by atoms with Gasteiger partial charge in [-0.2, -0.15) is 4.72 Å². The van der Waals surface area contributed by atoms with E-state index in [1.165, 1.54) is 5.56 Å². The van der Waals surface area contributed by atoms with E-state index in [-0.39, 0.29) is 11.1 Å². The van der Waals surface area contributed by atoms with Crippen molar-refractivity contribution < 1.29 is 13.2 Å². The lowest BCUT2D eigenvalue weighted by atomic mass is 10.1. The third-order valence-corrected chi connectivity index (χ3v) is 6.39. The fourth-order valence-electron chi connectivity index (χ4n) is 3.60. The highest BCUT2D eigenvalue weighted by Crippen LogP contribution is 2.38. The molecule has 0 aliphatic carbocycles. The van der Waals surface area contributed by atoms with Crippen LogP contribution in [0.5, 0.6) is 11.5 Å². The van der Waals surface area contributed by atoms with Crippen LogP contribution in [0.3, 0.4) is 0 Å². The largest absolute Gasteiger partial charge is 0.457 e. The Hall–Kier alpha value is -2.09. The molecule has 1 unspecified atom stereocenters. The number of hydrogen-bond donors (Lipinski definition) is 2. The van der Waals surface area contributed by atoms with E-state index >= 15 is 0 Å². The van der Waals surface area contributed by atoms with E-state index in [0.29, 0.717) is 18.0 Å². The summed E-state index contributed by atoms with van der Waals surface area (Å²) in [4.78, 5) is 2.40. The van der Waals surface area contributed by atoms with E-state index in [1.54, 1.807) is 6.07 Å². The first-order chi connectivity index (χ1) is 12.6. The maximum Gasteiger partial charge on any atom is 0.244 e. The van der Waals surface area contributed by atoms with Crippen LogP contribution >= 0.6 is 0 Å². The molecular formula is C19H23N3O3S. The maximum absolute atomic E-state index is 12.6. The molecule has 0 aromatic heterocycles. The fraction of sp³-hybridized carbons (Fsp3) is 0.368. The molecule has 0 radical (unpaired) electrons. The van der Waals surface area contributed by atoms with Crippen LogP contribution in [-0.4, -0.2) is 27.7 Å². The molecule has 6 nitrogen and oxygen atoms in total. The summed E-state index contributed by atoms with van der Waals surface area (Å²) < 4.78 is 33.8. The summed E-state index contributed by atoms with van der Waals surface area (Å²) in [6.45, 7) is 1.54. The van der Waals surface area contributed by atoms with Gasteiger partial charge in [-0.15, -0.1) is 0 Å². The maximum atomic E-state index is 12.6. The lowest BCUT2D eigenvalue weighted by Gasteiger charge is -2.33. The van der Waals surface area contributed by atoms with Gasteiger partial charge in [0, 0.05) is 12.6 Å². The molecule has 0 saturated carbocycles. The number of anilines is 1. The monoisotopic (exact) mass is 373 g/mol. The van der Waals surface area contributed by atoms with E-state index in [0.717, 1.165) is 37.9 Å². The number of rotatable bonds is 5. The molecule has 0 bridgehead atoms. The summed E-state index contributed by atoms with van der Waals surface area (Å²) in [7, 11) is -3.51. The van der Waals surface area contributed by atoms with E-state index in [9.17, 15) is 8.42 Å². The van der Waals surface area contributed by atoms with Crippen LogP contribution in [0.15, 0.2) is 47.4 Å². The van der Waals surface area contributed by atoms with E-state index < -0.39 is 10.0 Å². The molecule has 0 spiro atoms. The molecule has 2 heterocycles. The van der Waals surface area contributed by atoms with Gasteiger partial charge >= 0.3 is 0 Å². The highest BCUT2D eigenvalue weighted by atomic mass is 32.2. The van der Waals surface area contributed by atoms with Crippen molar-refractivity contribution in [3.05, 3.63) is 48.0 Å². The topological polar surface area (TPSA) is 84.7 Å². The van der Waals surface area contributed by atoms with Gasteiger partial charge in [-0.05, 0) is 62.1 Å². The Bertz CT molecular complexity index is 897. The van der Waals surface area contributed by atoms with Gasteiger partial charge < -0.3 is 15.4 Å². The predicted octanol–water partition coefficient (Wildman–Crippen LogP) is 2.59. The Morgan fingerprint density at radius 3 is 2.69 bits per heavy atom. The van der Waals surface area contributed by atoms with E-state index in [1.807, 2.05) is 36.4 Å². The average Bonchev–Trinajstić information content (AvgIpc) is 3.09. The third kappa shape index (κ3) is 3.30. The lowest BCUT2D eigenvalue weighted by Crippen LogP contribution is -2.48. The molecule has 2 aromatic rings. The summed E-state index contributed by atoms with van der Waals surface area (Å²) in [5.74, 6) is 1.20. The van der Waals surface area contributed by atoms with E-state index in [2.05, 4.69) is 9.62 Å². The smallest absolute Gasteiger partial charge is 0.244 e. The molecular weight excluding hydrogens is 350 g/mol. The molecule has 0 amide bonds. The summed E-state index contributed by atoms with van der Waals surface area (Å²) in [6, 6.07) is 13.1. The number of ether oxygens (including phenoxy) is 1. The molecule has 7 heteroatoms. The minimum Gasteiger partial charge on any atom is -0.457 e. The zero-order valence-electron chi connectivity index (χ0n) is 14.5. The Balaban J connectivity index is 1.57. The van der Waals surface area contributed by atoms with Crippen molar-refractivity contribution in [1.82, 2.24) is 4.72 Å². The first kappa shape index (κ1) is 17.3. The first-order valence-corrected chi connectivity index (χ1v) is 10.4. The van der Waals surface area contributed by atoms with Crippen molar-refractivity contribution in [2.75, 3.05) is 18.0 Å². The Labute approximate surface area is 154 Å². The standard InChI is InChI=1S/C19H23N3O3S/c20-11-1-3-14-5-7-15(8-6-14)25-16-9-10-17-18(13-16)26(23,24)21-19-4-2-12-22(17)19/h5-10,13,19,21H,1-4,11-12,20H2. The quantitative estimate of drug-likeness (QED) is 0.841. The van der Waals surface area contributed by atoms with Crippen LogP contribution in [-0.2, 0) is 16.4 Å². The van der Waals surface area contributed by atoms with Gasteiger partial charge in [0.15, 0.2) is 0 Å². The summed E-state index contributed by atoms with van der Waals surface area (Å²) >= 11 is 0. The van der Waals surface area contributed by atoms with Crippen molar-refractivity contribution in [2.24, 2.45) is 5.73 Å². The van der Waals surface area contributed by atoms with Gasteiger partial charge in [0.05, 0.1) is 11.9 Å². The second-order valence-electron chi connectivity index (χ2n) is 6.74. The molecule has 1 atom stereocenters. The van der Waals surface area contributed by atoms with Gasteiger partial charge in [-0.25, -0.2) is 8.42 Å². The van der Waals surface area contributed by atoms with Gasteiger partial charge in [0.2, 0.25) is 10.0 Å². The SMILES string of the molecule is NCCCc1ccc(Oc2ccc3c(c2)S(=O)(=O)NC2CCCN32)cc1. The molecule has 3 N–H and O–H groups in total. The van der Waals surface area contributed by atoms with Gasteiger partial charge in [0.1, 0.15) is 16.4 Å². The number of nitrogens with zero attached hydrogens (tertiary/aromatic N) is 1. The molecule has 1 fully saturated rings. The molecule has 26 heavy (non-hydrogen) atoms. The van der Waals surface area contributed by atoms with Crippen LogP contribution in [0.4, 0.5) is 5.69 Å². The van der Waals surface area contributed by atoms with Crippen LogP contribution in [0.25, 0.3) is 0 Å². The lowest BCUT2D eigenvalue weighted by molar-refractivity contribution is 0.478. The number of hydrogen-bond acceptors (Lipinski definition) is 5. The highest BCUT2D eigenvalue weighted by Gasteiger charge is 2.37. The van der Waals surface area contributed by atoms with Crippen molar-refractivity contribution in [3.8, 4) is 11.5 Å². The van der Waals surface area contributed by atoms with Crippen LogP contribution < -0.4 is 20.1 Å². The van der Waals surface area contributed by atoms with E-state index in [4.69, 9.17) is 10.5 Å². The highest BCUT2D eigenvalue weighted by molar-refractivity contribution is 7.89. The summed E-state index contributed by atoms with van der Waals surface area (Å²) in [5.41, 5.74) is 7.50. The molecule has 1 saturated heterocycles. The number of benzene rings is 2. The van der Waals surface area contributed by atoms with Crippen molar-refractivity contribution in [2.45, 2.75) is 36.7 Å². The van der Waals surface area contributed by atoms with Crippen molar-refractivity contribution in [3.63, 3.8) is 0 Å². The molecule has 138 valence electrons. The Morgan fingerprint density at radius 2 is 1.92 bits per heavy atom. The number of sulfonamides is 1. The second kappa shape index (κ2) is 6.90. The molecule has 4 rings (SSSR count). The number of nitrogens with one attached hydrogen (secondary N) is 1. The zero-order valence-corrected chi connectivity index (χ0v) is 15.3. The fourth-order valence-corrected chi connectivity index (χ4v) is 5.06. The first-order valence-electron chi connectivity index (χ1n) is 8.97. The van der Waals surface area contributed by atoms with Crippen LogP contribution in [0, 0.1) is 0 Å².